The standard InChI is InChI=1S/C27H25NO6S/c1-18-7-2-3-8-20(18)16-28-23-15-19(27(30)34-17-21-9-6-14-33-21)12-13-25(23)35(31,32)24-11-5-4-10-22(24)26(28)29/h2-5,7-8,10-13,15,21H,6,9,14,16-17H2,1H3/t21-/m0/s1. The van der Waals surface area contributed by atoms with Crippen molar-refractivity contribution in [2.45, 2.75) is 42.2 Å². The minimum Gasteiger partial charge on any atom is -0.459 e. The summed E-state index contributed by atoms with van der Waals surface area (Å²) in [5.74, 6) is -1.04. The molecule has 0 aromatic heterocycles. The fraction of sp³-hybridized carbons (Fsp3) is 0.259. The van der Waals surface area contributed by atoms with E-state index in [0.717, 1.165) is 24.0 Å². The molecule has 1 amide bonds. The zero-order chi connectivity index (χ0) is 24.6. The molecule has 0 saturated carbocycles. The van der Waals surface area contributed by atoms with E-state index in [4.69, 9.17) is 9.47 Å². The Morgan fingerprint density at radius 1 is 1.06 bits per heavy atom. The predicted octanol–water partition coefficient (Wildman–Crippen LogP) is 4.32. The molecule has 1 atom stereocenters. The summed E-state index contributed by atoms with van der Waals surface area (Å²) in [7, 11) is -4.01. The third-order valence-electron chi connectivity index (χ3n) is 6.44. The number of hydrogen-bond donors (Lipinski definition) is 0. The van der Waals surface area contributed by atoms with Crippen LogP contribution in [0.25, 0.3) is 0 Å². The Labute approximate surface area is 204 Å². The summed E-state index contributed by atoms with van der Waals surface area (Å²) < 4.78 is 38.1. The Morgan fingerprint density at radius 2 is 1.83 bits per heavy atom. The van der Waals surface area contributed by atoms with Crippen molar-refractivity contribution in [1.82, 2.24) is 0 Å². The summed E-state index contributed by atoms with van der Waals surface area (Å²) in [6.07, 6.45) is 1.62. The van der Waals surface area contributed by atoms with Crippen molar-refractivity contribution in [3.63, 3.8) is 0 Å². The van der Waals surface area contributed by atoms with Gasteiger partial charge in [0.05, 0.1) is 39.3 Å². The second kappa shape index (κ2) is 9.28. The van der Waals surface area contributed by atoms with Gasteiger partial charge < -0.3 is 14.4 Å². The highest BCUT2D eigenvalue weighted by molar-refractivity contribution is 7.91. The van der Waals surface area contributed by atoms with E-state index in [1.807, 2.05) is 31.2 Å². The van der Waals surface area contributed by atoms with Crippen molar-refractivity contribution in [2.75, 3.05) is 18.1 Å². The molecule has 1 saturated heterocycles. The predicted molar refractivity (Wildman–Crippen MR) is 129 cm³/mol. The number of benzene rings is 3. The number of aryl methyl sites for hydroxylation is 1. The van der Waals surface area contributed by atoms with E-state index < -0.39 is 21.7 Å². The molecule has 0 bridgehead atoms. The molecule has 2 aliphatic heterocycles. The summed E-state index contributed by atoms with van der Waals surface area (Å²) in [6.45, 7) is 2.86. The fourth-order valence-corrected chi connectivity index (χ4v) is 6.11. The van der Waals surface area contributed by atoms with Gasteiger partial charge in [0.2, 0.25) is 9.84 Å². The third-order valence-corrected chi connectivity index (χ3v) is 8.30. The Hall–Kier alpha value is -3.49. The van der Waals surface area contributed by atoms with Crippen LogP contribution in [0.3, 0.4) is 0 Å². The third kappa shape index (κ3) is 4.35. The van der Waals surface area contributed by atoms with Crippen molar-refractivity contribution in [3.05, 3.63) is 89.0 Å². The highest BCUT2D eigenvalue weighted by Crippen LogP contribution is 2.38. The number of carbonyl (C=O) groups is 2. The fourth-order valence-electron chi connectivity index (χ4n) is 4.48. The molecule has 0 spiro atoms. The molecular weight excluding hydrogens is 466 g/mol. The number of fused-ring (bicyclic) bond motifs is 2. The number of hydrogen-bond acceptors (Lipinski definition) is 6. The zero-order valence-corrected chi connectivity index (χ0v) is 20.1. The number of rotatable bonds is 5. The maximum Gasteiger partial charge on any atom is 0.338 e. The Kier molecular flexibility index (Phi) is 6.17. The lowest BCUT2D eigenvalue weighted by Gasteiger charge is -2.24. The largest absolute Gasteiger partial charge is 0.459 e. The van der Waals surface area contributed by atoms with Crippen LogP contribution in [-0.2, 0) is 25.9 Å². The van der Waals surface area contributed by atoms with Crippen LogP contribution in [0.1, 0.15) is 44.7 Å². The van der Waals surface area contributed by atoms with Crippen molar-refractivity contribution in [3.8, 4) is 0 Å². The van der Waals surface area contributed by atoms with Crippen molar-refractivity contribution >= 4 is 27.4 Å². The van der Waals surface area contributed by atoms with E-state index in [1.165, 1.54) is 35.2 Å². The van der Waals surface area contributed by atoms with Gasteiger partial charge in [-0.05, 0) is 61.2 Å². The van der Waals surface area contributed by atoms with Crippen molar-refractivity contribution in [1.29, 1.82) is 0 Å². The van der Waals surface area contributed by atoms with Gasteiger partial charge in [-0.15, -0.1) is 0 Å². The van der Waals surface area contributed by atoms with Crippen LogP contribution < -0.4 is 4.90 Å². The van der Waals surface area contributed by atoms with Crippen LogP contribution >= 0.6 is 0 Å². The van der Waals surface area contributed by atoms with Crippen LogP contribution in [0.5, 0.6) is 0 Å². The highest BCUT2D eigenvalue weighted by atomic mass is 32.2. The monoisotopic (exact) mass is 491 g/mol. The van der Waals surface area contributed by atoms with Gasteiger partial charge in [-0.1, -0.05) is 36.4 Å². The Bertz CT molecular complexity index is 1410. The van der Waals surface area contributed by atoms with Crippen LogP contribution in [0, 0.1) is 6.92 Å². The molecule has 3 aromatic rings. The van der Waals surface area contributed by atoms with E-state index in [0.29, 0.717) is 6.61 Å². The van der Waals surface area contributed by atoms with Crippen LogP contribution in [-0.4, -0.2) is 39.6 Å². The molecule has 7 nitrogen and oxygen atoms in total. The summed E-state index contributed by atoms with van der Waals surface area (Å²) >= 11 is 0. The molecule has 0 N–H and O–H groups in total. The number of carbonyl (C=O) groups excluding carboxylic acids is 2. The average molecular weight is 492 g/mol. The molecule has 180 valence electrons. The maximum atomic E-state index is 13.7. The molecule has 2 heterocycles. The smallest absolute Gasteiger partial charge is 0.338 e. The van der Waals surface area contributed by atoms with E-state index in [1.54, 1.807) is 12.1 Å². The van der Waals surface area contributed by atoms with Gasteiger partial charge in [0.1, 0.15) is 6.61 Å². The van der Waals surface area contributed by atoms with E-state index >= 15 is 0 Å². The first-order valence-corrected chi connectivity index (χ1v) is 13.0. The number of nitrogens with zero attached hydrogens (tertiary/aromatic N) is 1. The molecule has 0 unspecified atom stereocenters. The van der Waals surface area contributed by atoms with E-state index in [2.05, 4.69) is 0 Å². The molecule has 3 aromatic carbocycles. The molecular formula is C27H25NO6S. The maximum absolute atomic E-state index is 13.7. The summed E-state index contributed by atoms with van der Waals surface area (Å²) in [4.78, 5) is 27.9. The summed E-state index contributed by atoms with van der Waals surface area (Å²) in [5.41, 5.74) is 2.26. The average Bonchev–Trinajstić information content (AvgIpc) is 3.38. The van der Waals surface area contributed by atoms with E-state index in [-0.39, 0.29) is 45.9 Å². The van der Waals surface area contributed by atoms with Gasteiger partial charge in [0.25, 0.3) is 5.91 Å². The topological polar surface area (TPSA) is 90.0 Å². The van der Waals surface area contributed by atoms with Crippen LogP contribution in [0.4, 0.5) is 5.69 Å². The normalized spacial score (nSPS) is 18.5. The van der Waals surface area contributed by atoms with Gasteiger partial charge in [-0.2, -0.15) is 0 Å². The van der Waals surface area contributed by atoms with Crippen molar-refractivity contribution in [2.24, 2.45) is 0 Å². The lowest BCUT2D eigenvalue weighted by molar-refractivity contribution is 0.0161. The molecule has 0 radical (unpaired) electrons. The first kappa shape index (κ1) is 23.3. The van der Waals surface area contributed by atoms with Crippen LogP contribution in [0.15, 0.2) is 76.5 Å². The lowest BCUT2D eigenvalue weighted by atomic mass is 10.1. The molecule has 2 aliphatic rings. The second-order valence-electron chi connectivity index (χ2n) is 8.73. The van der Waals surface area contributed by atoms with Gasteiger partial charge in [-0.3, -0.25) is 4.79 Å². The van der Waals surface area contributed by atoms with Gasteiger partial charge in [-0.25, -0.2) is 13.2 Å². The summed E-state index contributed by atoms with van der Waals surface area (Å²) in [5, 5.41) is 0. The van der Waals surface area contributed by atoms with Gasteiger partial charge in [0, 0.05) is 6.61 Å². The quantitative estimate of drug-likeness (QED) is 0.494. The number of amides is 1. The number of anilines is 1. The minimum absolute atomic E-state index is 0.0277. The first-order valence-electron chi connectivity index (χ1n) is 11.5. The first-order chi connectivity index (χ1) is 16.9. The SMILES string of the molecule is Cc1ccccc1CN1C(=O)c2ccccc2S(=O)(=O)c2ccc(C(=O)OC[C@@H]3CCCO3)cc21. The van der Waals surface area contributed by atoms with Crippen LogP contribution in [0.2, 0.25) is 0 Å². The van der Waals surface area contributed by atoms with Gasteiger partial charge in [0.15, 0.2) is 0 Å². The summed E-state index contributed by atoms with van der Waals surface area (Å²) in [6, 6.07) is 18.0. The Morgan fingerprint density at radius 3 is 2.60 bits per heavy atom. The van der Waals surface area contributed by atoms with Crippen molar-refractivity contribution < 1.29 is 27.5 Å². The minimum atomic E-state index is -4.01. The molecule has 5 rings (SSSR count). The molecule has 1 fully saturated rings. The molecule has 35 heavy (non-hydrogen) atoms. The molecule has 8 heteroatoms. The highest BCUT2D eigenvalue weighted by Gasteiger charge is 2.36. The second-order valence-corrected chi connectivity index (χ2v) is 10.6. The number of esters is 1. The molecule has 0 aliphatic carbocycles. The Balaban J connectivity index is 1.60. The van der Waals surface area contributed by atoms with E-state index in [9.17, 15) is 18.0 Å². The number of ether oxygens (including phenoxy) is 2. The zero-order valence-electron chi connectivity index (χ0n) is 19.3. The van der Waals surface area contributed by atoms with Gasteiger partial charge >= 0.3 is 5.97 Å². The lowest BCUT2D eigenvalue weighted by Crippen LogP contribution is -2.31. The number of sulfone groups is 1.